The third-order valence-corrected chi connectivity index (χ3v) is 6.99. The average Bonchev–Trinajstić information content (AvgIpc) is 2.61. The fourth-order valence-electron chi connectivity index (χ4n) is 2.50. The van der Waals surface area contributed by atoms with Crippen molar-refractivity contribution in [2.45, 2.75) is 36.0 Å². The van der Waals surface area contributed by atoms with E-state index in [1.165, 1.54) is 16.7 Å². The van der Waals surface area contributed by atoms with E-state index in [0.29, 0.717) is 25.9 Å². The Balaban J connectivity index is 1.91. The molecule has 0 aliphatic carbocycles. The van der Waals surface area contributed by atoms with Crippen molar-refractivity contribution in [1.29, 1.82) is 0 Å². The molecule has 9 heteroatoms. The van der Waals surface area contributed by atoms with Crippen molar-refractivity contribution < 1.29 is 23.2 Å². The molecule has 1 unspecified atom stereocenters. The molecule has 1 fully saturated rings. The van der Waals surface area contributed by atoms with Crippen molar-refractivity contribution >= 4 is 27.7 Å². The van der Waals surface area contributed by atoms with Gasteiger partial charge in [0.15, 0.2) is 5.25 Å². The first kappa shape index (κ1) is 19.0. The number of benzene rings is 1. The fourth-order valence-corrected chi connectivity index (χ4v) is 4.40. The summed E-state index contributed by atoms with van der Waals surface area (Å²) in [5.41, 5.74) is 1.39. The van der Waals surface area contributed by atoms with Gasteiger partial charge in [-0.1, -0.05) is 0 Å². The molecule has 0 radical (unpaired) electrons. The summed E-state index contributed by atoms with van der Waals surface area (Å²) in [6, 6.07) is 7.77. The third-order valence-electron chi connectivity index (χ3n) is 4.05. The van der Waals surface area contributed by atoms with Crippen LogP contribution in [0.3, 0.4) is 0 Å². The van der Waals surface area contributed by atoms with Gasteiger partial charge in [0.1, 0.15) is 11.9 Å². The molecule has 0 bridgehead atoms. The van der Waals surface area contributed by atoms with Crippen LogP contribution in [-0.4, -0.2) is 54.5 Å². The monoisotopic (exact) mass is 374 g/mol. The zero-order chi connectivity index (χ0) is 17.7. The average molecular weight is 374 g/mol. The molecule has 1 atom stereocenters. The number of nitrogens with one attached hydrogen (secondary N) is 1. The SMILES string of the molecule is CSc1ccc(OC2CCN(S(=O)(=O)C(C)C(=O)NO)CC2)cc1. The number of sulfonamides is 1. The van der Waals surface area contributed by atoms with Crippen LogP contribution >= 0.6 is 11.8 Å². The molecule has 0 saturated carbocycles. The van der Waals surface area contributed by atoms with Crippen LogP contribution in [0, 0.1) is 0 Å². The molecule has 1 saturated heterocycles. The Hall–Kier alpha value is -1.29. The highest BCUT2D eigenvalue weighted by molar-refractivity contribution is 7.98. The maximum Gasteiger partial charge on any atom is 0.262 e. The third kappa shape index (κ3) is 4.41. The molecule has 0 spiro atoms. The number of piperidine rings is 1. The van der Waals surface area contributed by atoms with Gasteiger partial charge in [-0.3, -0.25) is 10.0 Å². The molecule has 7 nitrogen and oxygen atoms in total. The number of hydrogen-bond donors (Lipinski definition) is 2. The standard InChI is InChI=1S/C15H22N2O5S2/c1-11(15(18)16-19)24(20,21)17-9-7-13(8-10-17)22-12-3-5-14(23-2)6-4-12/h3-6,11,13,19H,7-10H2,1-2H3,(H,16,18). The fraction of sp³-hybridized carbons (Fsp3) is 0.533. The summed E-state index contributed by atoms with van der Waals surface area (Å²) < 4.78 is 31.8. The van der Waals surface area contributed by atoms with E-state index in [4.69, 9.17) is 9.94 Å². The number of thioether (sulfide) groups is 1. The lowest BCUT2D eigenvalue weighted by atomic mass is 10.1. The van der Waals surface area contributed by atoms with Crippen LogP contribution in [0.25, 0.3) is 0 Å². The summed E-state index contributed by atoms with van der Waals surface area (Å²) in [5.74, 6) is -0.163. The van der Waals surface area contributed by atoms with Gasteiger partial charge >= 0.3 is 0 Å². The van der Waals surface area contributed by atoms with Gasteiger partial charge in [-0.15, -0.1) is 11.8 Å². The Bertz CT molecular complexity index is 655. The largest absolute Gasteiger partial charge is 0.490 e. The molecule has 1 aromatic carbocycles. The molecule has 1 heterocycles. The summed E-state index contributed by atoms with van der Waals surface area (Å²) in [6.45, 7) is 1.84. The van der Waals surface area contributed by atoms with Gasteiger partial charge < -0.3 is 4.74 Å². The number of carbonyl (C=O) groups is 1. The zero-order valence-corrected chi connectivity index (χ0v) is 15.3. The van der Waals surface area contributed by atoms with Gasteiger partial charge in [-0.25, -0.2) is 18.2 Å². The quantitative estimate of drug-likeness (QED) is 0.445. The second-order valence-electron chi connectivity index (χ2n) is 5.56. The van der Waals surface area contributed by atoms with Gasteiger partial charge in [0.25, 0.3) is 5.91 Å². The topological polar surface area (TPSA) is 95.9 Å². The molecule has 134 valence electrons. The molecule has 2 rings (SSSR count). The summed E-state index contributed by atoms with van der Waals surface area (Å²) in [4.78, 5) is 12.5. The van der Waals surface area contributed by atoms with Crippen LogP contribution < -0.4 is 10.2 Å². The molecule has 24 heavy (non-hydrogen) atoms. The normalized spacial score (nSPS) is 18.1. The summed E-state index contributed by atoms with van der Waals surface area (Å²) >= 11 is 1.65. The van der Waals surface area contributed by atoms with E-state index in [-0.39, 0.29) is 6.10 Å². The van der Waals surface area contributed by atoms with Crippen molar-refractivity contribution in [1.82, 2.24) is 9.79 Å². The van der Waals surface area contributed by atoms with E-state index in [1.807, 2.05) is 30.5 Å². The van der Waals surface area contributed by atoms with E-state index in [1.54, 1.807) is 11.8 Å². The Kier molecular flexibility index (Phi) is 6.50. The van der Waals surface area contributed by atoms with Crippen LogP contribution in [0.4, 0.5) is 0 Å². The number of hydroxylamine groups is 1. The Labute approximate surface area is 146 Å². The van der Waals surface area contributed by atoms with Crippen molar-refractivity contribution in [2.75, 3.05) is 19.3 Å². The highest BCUT2D eigenvalue weighted by Crippen LogP contribution is 2.24. The summed E-state index contributed by atoms with van der Waals surface area (Å²) in [7, 11) is -3.78. The molecule has 0 aromatic heterocycles. The maximum atomic E-state index is 12.3. The van der Waals surface area contributed by atoms with Crippen LogP contribution in [0.1, 0.15) is 19.8 Å². The predicted molar refractivity (Wildman–Crippen MR) is 91.8 cm³/mol. The van der Waals surface area contributed by atoms with Crippen molar-refractivity contribution in [3.05, 3.63) is 24.3 Å². The Morgan fingerprint density at radius 2 is 1.92 bits per heavy atom. The molecule has 1 aliphatic heterocycles. The summed E-state index contributed by atoms with van der Waals surface area (Å²) in [5, 5.41) is 7.29. The number of nitrogens with zero attached hydrogens (tertiary/aromatic N) is 1. The highest BCUT2D eigenvalue weighted by atomic mass is 32.2. The van der Waals surface area contributed by atoms with Crippen molar-refractivity contribution in [3.63, 3.8) is 0 Å². The van der Waals surface area contributed by atoms with E-state index in [0.717, 1.165) is 10.6 Å². The minimum atomic E-state index is -3.78. The molecular weight excluding hydrogens is 352 g/mol. The summed E-state index contributed by atoms with van der Waals surface area (Å²) in [6.07, 6.45) is 3.05. The lowest BCUT2D eigenvalue weighted by Crippen LogP contribution is -2.48. The van der Waals surface area contributed by atoms with Gasteiger partial charge in [0.05, 0.1) is 0 Å². The first-order chi connectivity index (χ1) is 11.4. The van der Waals surface area contributed by atoms with Gasteiger partial charge in [0.2, 0.25) is 10.0 Å². The number of amides is 1. The Morgan fingerprint density at radius 1 is 1.33 bits per heavy atom. The van der Waals surface area contributed by atoms with Crippen LogP contribution in [0.5, 0.6) is 5.75 Å². The molecular formula is C15H22N2O5S2. The van der Waals surface area contributed by atoms with Gasteiger partial charge in [-0.05, 0) is 50.3 Å². The van der Waals surface area contributed by atoms with Crippen LogP contribution in [-0.2, 0) is 14.8 Å². The molecule has 1 aliphatic rings. The minimum Gasteiger partial charge on any atom is -0.490 e. The first-order valence-corrected chi connectivity index (χ1v) is 10.3. The molecule has 1 amide bonds. The van der Waals surface area contributed by atoms with Gasteiger partial charge in [-0.2, -0.15) is 0 Å². The van der Waals surface area contributed by atoms with Crippen LogP contribution in [0.2, 0.25) is 0 Å². The highest BCUT2D eigenvalue weighted by Gasteiger charge is 2.36. The van der Waals surface area contributed by atoms with Gasteiger partial charge in [0, 0.05) is 18.0 Å². The molecule has 2 N–H and O–H groups in total. The minimum absolute atomic E-state index is 0.0569. The smallest absolute Gasteiger partial charge is 0.262 e. The van der Waals surface area contributed by atoms with E-state index < -0.39 is 21.2 Å². The predicted octanol–water partition coefficient (Wildman–Crippen LogP) is 1.48. The number of rotatable bonds is 6. The van der Waals surface area contributed by atoms with Crippen LogP contribution in [0.15, 0.2) is 29.2 Å². The number of carbonyl (C=O) groups excluding carboxylic acids is 1. The lowest BCUT2D eigenvalue weighted by molar-refractivity contribution is -0.128. The van der Waals surface area contributed by atoms with Crippen molar-refractivity contribution in [3.8, 4) is 5.75 Å². The lowest BCUT2D eigenvalue weighted by Gasteiger charge is -2.32. The maximum absolute atomic E-state index is 12.3. The first-order valence-electron chi connectivity index (χ1n) is 7.62. The zero-order valence-electron chi connectivity index (χ0n) is 13.6. The second-order valence-corrected chi connectivity index (χ2v) is 8.69. The molecule has 1 aromatic rings. The van der Waals surface area contributed by atoms with E-state index in [9.17, 15) is 13.2 Å². The number of ether oxygens (including phenoxy) is 1. The van der Waals surface area contributed by atoms with E-state index in [2.05, 4.69) is 0 Å². The van der Waals surface area contributed by atoms with E-state index >= 15 is 0 Å². The number of hydrogen-bond acceptors (Lipinski definition) is 6. The second kappa shape index (κ2) is 8.19. The Morgan fingerprint density at radius 3 is 2.42 bits per heavy atom. The van der Waals surface area contributed by atoms with Crippen molar-refractivity contribution in [2.24, 2.45) is 0 Å².